The van der Waals surface area contributed by atoms with Crippen LogP contribution in [0.5, 0.6) is 23.0 Å². The number of carbonyl (C=O) groups is 1. The molecule has 7 heteroatoms. The van der Waals surface area contributed by atoms with E-state index in [4.69, 9.17) is 18.9 Å². The van der Waals surface area contributed by atoms with E-state index in [1.54, 1.807) is 49.6 Å². The summed E-state index contributed by atoms with van der Waals surface area (Å²) >= 11 is 0. The summed E-state index contributed by atoms with van der Waals surface area (Å²) in [5.74, 6) is 1.41. The van der Waals surface area contributed by atoms with Crippen LogP contribution < -0.4 is 19.5 Å². The van der Waals surface area contributed by atoms with Crippen LogP contribution in [0.2, 0.25) is 0 Å². The second-order valence-electron chi connectivity index (χ2n) is 5.85. The summed E-state index contributed by atoms with van der Waals surface area (Å²) in [6.07, 6.45) is 2.76. The Morgan fingerprint density at radius 3 is 2.14 bits per heavy atom. The van der Waals surface area contributed by atoms with Gasteiger partial charge >= 0.3 is 0 Å². The molecule has 0 heterocycles. The summed E-state index contributed by atoms with van der Waals surface area (Å²) in [5.41, 5.74) is 1.58. The zero-order chi connectivity index (χ0) is 20.5. The molecule has 0 aliphatic rings. The zero-order valence-corrected chi connectivity index (χ0v) is 16.4. The van der Waals surface area contributed by atoms with Crippen LogP contribution in [0.4, 0.5) is 0 Å². The fraction of sp³-hybridized carbons (Fsp3) is 0.286. The predicted octanol–water partition coefficient (Wildman–Crippen LogP) is 2.94. The molecule has 0 unspecified atom stereocenters. The first kappa shape index (κ1) is 21.1. The van der Waals surface area contributed by atoms with E-state index in [1.165, 1.54) is 27.4 Å². The third kappa shape index (κ3) is 5.40. The Hall–Kier alpha value is -3.19. The van der Waals surface area contributed by atoms with Gasteiger partial charge in [0.15, 0.2) is 11.5 Å². The summed E-state index contributed by atoms with van der Waals surface area (Å²) in [7, 11) is 6.16. The number of hydrogen-bond donors (Lipinski definition) is 2. The summed E-state index contributed by atoms with van der Waals surface area (Å²) in [6, 6.07) is 10.2. The third-order valence-corrected chi connectivity index (χ3v) is 4.13. The number of hydrogen-bond acceptors (Lipinski definition) is 6. The molecule has 0 saturated heterocycles. The van der Waals surface area contributed by atoms with Crippen LogP contribution in [0, 0.1) is 0 Å². The lowest BCUT2D eigenvalue weighted by Gasteiger charge is -2.16. The first-order valence-electron chi connectivity index (χ1n) is 8.60. The number of phenolic OH excluding ortho intramolecular Hbond substituents is 1. The highest BCUT2D eigenvalue weighted by atomic mass is 16.5. The van der Waals surface area contributed by atoms with E-state index in [0.717, 1.165) is 11.1 Å². The minimum atomic E-state index is -0.320. The van der Waals surface area contributed by atoms with Crippen molar-refractivity contribution < 1.29 is 28.8 Å². The minimum absolute atomic E-state index is 0.177. The van der Waals surface area contributed by atoms with E-state index in [-0.39, 0.29) is 17.8 Å². The van der Waals surface area contributed by atoms with E-state index in [0.29, 0.717) is 23.8 Å². The van der Waals surface area contributed by atoms with Crippen LogP contribution >= 0.6 is 0 Å². The number of amides is 1. The van der Waals surface area contributed by atoms with Crippen molar-refractivity contribution in [2.45, 2.75) is 6.10 Å². The van der Waals surface area contributed by atoms with E-state index in [1.807, 2.05) is 0 Å². The molecule has 0 bridgehead atoms. The Morgan fingerprint density at radius 2 is 1.64 bits per heavy atom. The Labute approximate surface area is 164 Å². The Kier molecular flexibility index (Phi) is 7.71. The van der Waals surface area contributed by atoms with Gasteiger partial charge in [0.05, 0.1) is 27.4 Å². The molecular weight excluding hydrogens is 362 g/mol. The average Bonchev–Trinajstić information content (AvgIpc) is 2.72. The van der Waals surface area contributed by atoms with Crippen LogP contribution in [0.15, 0.2) is 42.5 Å². The molecule has 1 atom stereocenters. The number of methoxy groups -OCH3 is 4. The smallest absolute Gasteiger partial charge is 0.244 e. The first-order valence-corrected chi connectivity index (χ1v) is 8.60. The molecule has 0 aliphatic heterocycles. The number of benzene rings is 2. The minimum Gasteiger partial charge on any atom is -0.508 e. The summed E-state index contributed by atoms with van der Waals surface area (Å²) in [4.78, 5) is 12.2. The lowest BCUT2D eigenvalue weighted by atomic mass is 10.1. The fourth-order valence-electron chi connectivity index (χ4n) is 2.65. The van der Waals surface area contributed by atoms with Crippen molar-refractivity contribution in [1.82, 2.24) is 5.32 Å². The van der Waals surface area contributed by atoms with Gasteiger partial charge in [-0.3, -0.25) is 4.79 Å². The number of rotatable bonds is 9. The molecule has 2 N–H and O–H groups in total. The third-order valence-electron chi connectivity index (χ3n) is 4.13. The lowest BCUT2D eigenvalue weighted by Crippen LogP contribution is -2.27. The Morgan fingerprint density at radius 1 is 1.04 bits per heavy atom. The molecule has 2 rings (SSSR count). The molecule has 0 spiro atoms. The van der Waals surface area contributed by atoms with Gasteiger partial charge in [0.25, 0.3) is 0 Å². The van der Waals surface area contributed by atoms with Gasteiger partial charge in [0, 0.05) is 19.7 Å². The average molecular weight is 387 g/mol. The molecule has 2 aromatic rings. The second kappa shape index (κ2) is 10.2. The Balaban J connectivity index is 2.04. The van der Waals surface area contributed by atoms with E-state index >= 15 is 0 Å². The quantitative estimate of drug-likeness (QED) is 0.644. The number of nitrogens with one attached hydrogen (secondary N) is 1. The maximum Gasteiger partial charge on any atom is 0.244 e. The molecule has 7 nitrogen and oxygen atoms in total. The molecular formula is C21H25NO6. The highest BCUT2D eigenvalue weighted by molar-refractivity contribution is 5.91. The van der Waals surface area contributed by atoms with Gasteiger partial charge in [-0.2, -0.15) is 0 Å². The lowest BCUT2D eigenvalue weighted by molar-refractivity contribution is -0.117. The van der Waals surface area contributed by atoms with Gasteiger partial charge < -0.3 is 29.4 Å². The summed E-state index contributed by atoms with van der Waals surface area (Å²) in [5, 5.41) is 12.2. The first-order chi connectivity index (χ1) is 13.5. The van der Waals surface area contributed by atoms with Crippen molar-refractivity contribution in [3.63, 3.8) is 0 Å². The molecule has 150 valence electrons. The SMILES string of the molecule is COc1cc(/C=C/C(=O)NC[C@H](OC)c2ccc(O)cc2)cc(OC)c1OC. The fourth-order valence-corrected chi connectivity index (χ4v) is 2.65. The standard InChI is InChI=1S/C21H25NO6/c1-25-17-11-14(12-18(26-2)21(17)28-4)5-10-20(24)22-13-19(27-3)15-6-8-16(23)9-7-15/h5-12,19,23H,13H2,1-4H3,(H,22,24)/b10-5+/t19-/m0/s1. The molecule has 0 saturated carbocycles. The van der Waals surface area contributed by atoms with Crippen molar-refractivity contribution in [3.05, 3.63) is 53.6 Å². The predicted molar refractivity (Wildman–Crippen MR) is 106 cm³/mol. The van der Waals surface area contributed by atoms with E-state index in [2.05, 4.69) is 5.32 Å². The number of carbonyl (C=O) groups excluding carboxylic acids is 1. The highest BCUT2D eigenvalue weighted by Crippen LogP contribution is 2.38. The topological polar surface area (TPSA) is 86.3 Å². The molecule has 0 fully saturated rings. The van der Waals surface area contributed by atoms with Crippen molar-refractivity contribution in [2.24, 2.45) is 0 Å². The number of aromatic hydroxyl groups is 1. The van der Waals surface area contributed by atoms with Gasteiger partial charge in [0.1, 0.15) is 5.75 Å². The van der Waals surface area contributed by atoms with Crippen molar-refractivity contribution in [2.75, 3.05) is 35.0 Å². The molecule has 0 aliphatic carbocycles. The monoisotopic (exact) mass is 387 g/mol. The van der Waals surface area contributed by atoms with Crippen molar-refractivity contribution in [3.8, 4) is 23.0 Å². The largest absolute Gasteiger partial charge is 0.508 e. The van der Waals surface area contributed by atoms with Crippen LogP contribution in [0.1, 0.15) is 17.2 Å². The van der Waals surface area contributed by atoms with Gasteiger partial charge in [-0.1, -0.05) is 12.1 Å². The highest BCUT2D eigenvalue weighted by Gasteiger charge is 2.13. The van der Waals surface area contributed by atoms with Gasteiger partial charge in [0.2, 0.25) is 11.7 Å². The molecule has 28 heavy (non-hydrogen) atoms. The molecule has 0 radical (unpaired) electrons. The Bertz CT molecular complexity index is 791. The van der Waals surface area contributed by atoms with Crippen molar-refractivity contribution >= 4 is 12.0 Å². The zero-order valence-electron chi connectivity index (χ0n) is 16.4. The van der Waals surface area contributed by atoms with Gasteiger partial charge in [-0.05, 0) is 41.5 Å². The van der Waals surface area contributed by atoms with E-state index < -0.39 is 0 Å². The summed E-state index contributed by atoms with van der Waals surface area (Å²) < 4.78 is 21.3. The van der Waals surface area contributed by atoms with E-state index in [9.17, 15) is 9.90 Å². The number of ether oxygens (including phenoxy) is 4. The molecule has 2 aromatic carbocycles. The van der Waals surface area contributed by atoms with Crippen molar-refractivity contribution in [1.29, 1.82) is 0 Å². The maximum atomic E-state index is 12.2. The maximum absolute atomic E-state index is 12.2. The van der Waals surface area contributed by atoms with Crippen LogP contribution in [0.3, 0.4) is 0 Å². The van der Waals surface area contributed by atoms with Crippen LogP contribution in [-0.2, 0) is 9.53 Å². The summed E-state index contributed by atoms with van der Waals surface area (Å²) in [6.45, 7) is 0.291. The molecule has 1 amide bonds. The molecule has 0 aromatic heterocycles. The van der Waals surface area contributed by atoms with Crippen LogP contribution in [0.25, 0.3) is 6.08 Å². The normalized spacial score (nSPS) is 11.9. The van der Waals surface area contributed by atoms with Crippen LogP contribution in [-0.4, -0.2) is 46.0 Å². The number of phenols is 1. The van der Waals surface area contributed by atoms with Gasteiger partial charge in [-0.25, -0.2) is 0 Å². The van der Waals surface area contributed by atoms with Gasteiger partial charge in [-0.15, -0.1) is 0 Å². The second-order valence-corrected chi connectivity index (χ2v) is 5.85.